The van der Waals surface area contributed by atoms with Gasteiger partial charge < -0.3 is 10.6 Å². The molecule has 0 fully saturated rings. The minimum absolute atomic E-state index is 0. The minimum Gasteiger partial charge on any atom is -0.338 e. The van der Waals surface area contributed by atoms with E-state index in [1.807, 2.05) is 29.2 Å². The highest BCUT2D eigenvalue weighted by Gasteiger charge is 2.17. The molecule has 0 radical (unpaired) electrons. The van der Waals surface area contributed by atoms with Crippen LogP contribution in [-0.4, -0.2) is 23.9 Å². The fourth-order valence-corrected chi connectivity index (χ4v) is 2.09. The molecule has 0 aromatic heterocycles. The quantitative estimate of drug-likeness (QED) is 0.875. The highest BCUT2D eigenvalue weighted by Crippen LogP contribution is 2.11. The van der Waals surface area contributed by atoms with Gasteiger partial charge in [-0.1, -0.05) is 39.8 Å². The van der Waals surface area contributed by atoms with Gasteiger partial charge in [0.25, 0.3) is 5.91 Å². The first-order valence-electron chi connectivity index (χ1n) is 7.02. The molecule has 0 saturated carbocycles. The van der Waals surface area contributed by atoms with E-state index in [2.05, 4.69) is 27.7 Å². The van der Waals surface area contributed by atoms with Gasteiger partial charge in [0.2, 0.25) is 0 Å². The lowest BCUT2D eigenvalue weighted by molar-refractivity contribution is 0.0715. The van der Waals surface area contributed by atoms with Crippen LogP contribution in [0.2, 0.25) is 0 Å². The van der Waals surface area contributed by atoms with Crippen molar-refractivity contribution >= 4 is 18.3 Å². The largest absolute Gasteiger partial charge is 0.338 e. The number of nitrogens with two attached hydrogens (primary N) is 1. The molecule has 4 heteroatoms. The van der Waals surface area contributed by atoms with E-state index in [4.69, 9.17) is 5.73 Å². The van der Waals surface area contributed by atoms with Crippen LogP contribution >= 0.6 is 12.4 Å². The van der Waals surface area contributed by atoms with Crippen molar-refractivity contribution in [3.63, 3.8) is 0 Å². The number of carbonyl (C=O) groups excluding carboxylic acids is 1. The second kappa shape index (κ2) is 8.98. The summed E-state index contributed by atoms with van der Waals surface area (Å²) >= 11 is 0. The molecular weight excluding hydrogens is 272 g/mol. The Hall–Kier alpha value is -1.06. The Balaban J connectivity index is 0.00000361. The highest BCUT2D eigenvalue weighted by atomic mass is 35.5. The lowest BCUT2D eigenvalue weighted by Gasteiger charge is -2.26. The molecule has 0 unspecified atom stereocenters. The Kier molecular flexibility index (Phi) is 8.51. The van der Waals surface area contributed by atoms with E-state index in [1.54, 1.807) is 0 Å². The summed E-state index contributed by atoms with van der Waals surface area (Å²) in [5, 5.41) is 0. The third-order valence-electron chi connectivity index (χ3n) is 2.89. The number of nitrogens with zero attached hydrogens (tertiary/aromatic N) is 1. The summed E-state index contributed by atoms with van der Waals surface area (Å²) in [5.41, 5.74) is 7.37. The van der Waals surface area contributed by atoms with E-state index in [0.29, 0.717) is 18.4 Å². The van der Waals surface area contributed by atoms with Crippen molar-refractivity contribution in [1.82, 2.24) is 4.90 Å². The monoisotopic (exact) mass is 298 g/mol. The molecule has 0 spiro atoms. The van der Waals surface area contributed by atoms with Crippen molar-refractivity contribution in [2.45, 2.75) is 34.2 Å². The van der Waals surface area contributed by atoms with E-state index < -0.39 is 0 Å². The SMILES string of the molecule is CC(C)CN(CC(C)C)C(=O)c1ccc(CN)cc1.Cl. The average Bonchev–Trinajstić information content (AvgIpc) is 2.36. The molecule has 0 saturated heterocycles. The molecule has 1 amide bonds. The zero-order valence-corrected chi connectivity index (χ0v) is 13.7. The highest BCUT2D eigenvalue weighted by molar-refractivity contribution is 5.94. The number of carbonyl (C=O) groups is 1. The van der Waals surface area contributed by atoms with Crippen molar-refractivity contribution in [3.8, 4) is 0 Å². The second-order valence-electron chi connectivity index (χ2n) is 5.90. The summed E-state index contributed by atoms with van der Waals surface area (Å²) in [6.07, 6.45) is 0. The van der Waals surface area contributed by atoms with E-state index >= 15 is 0 Å². The molecule has 20 heavy (non-hydrogen) atoms. The van der Waals surface area contributed by atoms with Gasteiger partial charge in [-0.3, -0.25) is 4.79 Å². The number of hydrogen-bond donors (Lipinski definition) is 1. The van der Waals surface area contributed by atoms with E-state index in [9.17, 15) is 4.79 Å². The van der Waals surface area contributed by atoms with Gasteiger partial charge in [-0.05, 0) is 29.5 Å². The van der Waals surface area contributed by atoms with E-state index in [-0.39, 0.29) is 18.3 Å². The maximum atomic E-state index is 12.5. The lowest BCUT2D eigenvalue weighted by atomic mass is 10.1. The van der Waals surface area contributed by atoms with Crippen molar-refractivity contribution in [1.29, 1.82) is 0 Å². The van der Waals surface area contributed by atoms with Crippen molar-refractivity contribution in [2.24, 2.45) is 17.6 Å². The normalized spacial score (nSPS) is 10.6. The number of rotatable bonds is 6. The number of hydrogen-bond acceptors (Lipinski definition) is 2. The van der Waals surface area contributed by atoms with E-state index in [0.717, 1.165) is 24.2 Å². The molecule has 1 aromatic carbocycles. The van der Waals surface area contributed by atoms with Crippen LogP contribution in [0.15, 0.2) is 24.3 Å². The smallest absolute Gasteiger partial charge is 0.253 e. The van der Waals surface area contributed by atoms with Gasteiger partial charge in [0, 0.05) is 25.2 Å². The van der Waals surface area contributed by atoms with Gasteiger partial charge in [-0.25, -0.2) is 0 Å². The fourth-order valence-electron chi connectivity index (χ4n) is 2.09. The van der Waals surface area contributed by atoms with Gasteiger partial charge in [-0.15, -0.1) is 12.4 Å². The molecule has 0 bridgehead atoms. The molecule has 114 valence electrons. The van der Waals surface area contributed by atoms with Gasteiger partial charge >= 0.3 is 0 Å². The second-order valence-corrected chi connectivity index (χ2v) is 5.90. The summed E-state index contributed by atoms with van der Waals surface area (Å²) in [4.78, 5) is 14.5. The predicted molar refractivity (Wildman–Crippen MR) is 87.2 cm³/mol. The van der Waals surface area contributed by atoms with Crippen LogP contribution in [0.3, 0.4) is 0 Å². The van der Waals surface area contributed by atoms with Crippen LogP contribution in [0.1, 0.15) is 43.6 Å². The molecule has 0 aliphatic carbocycles. The predicted octanol–water partition coefficient (Wildman–Crippen LogP) is 3.32. The zero-order chi connectivity index (χ0) is 14.4. The van der Waals surface area contributed by atoms with Crippen LogP contribution in [-0.2, 0) is 6.54 Å². The molecule has 3 nitrogen and oxygen atoms in total. The number of amides is 1. The van der Waals surface area contributed by atoms with Gasteiger partial charge in [0.15, 0.2) is 0 Å². The van der Waals surface area contributed by atoms with Crippen LogP contribution in [0.4, 0.5) is 0 Å². The van der Waals surface area contributed by atoms with Crippen molar-refractivity contribution < 1.29 is 4.79 Å². The summed E-state index contributed by atoms with van der Waals surface area (Å²) in [6, 6.07) is 7.60. The maximum absolute atomic E-state index is 12.5. The standard InChI is InChI=1S/C16H26N2O.ClH/c1-12(2)10-18(11-13(3)4)16(19)15-7-5-14(9-17)6-8-15;/h5-8,12-13H,9-11,17H2,1-4H3;1H. The molecule has 1 rings (SSSR count). The van der Waals surface area contributed by atoms with Crippen LogP contribution in [0, 0.1) is 11.8 Å². The Morgan fingerprint density at radius 2 is 1.50 bits per heavy atom. The minimum atomic E-state index is 0. The average molecular weight is 299 g/mol. The van der Waals surface area contributed by atoms with Crippen molar-refractivity contribution in [3.05, 3.63) is 35.4 Å². The Bertz CT molecular complexity index is 391. The summed E-state index contributed by atoms with van der Waals surface area (Å²) in [6.45, 7) is 10.7. The Labute approximate surface area is 128 Å². The molecule has 1 aromatic rings. The third-order valence-corrected chi connectivity index (χ3v) is 2.89. The molecule has 2 N–H and O–H groups in total. The van der Waals surface area contributed by atoms with Gasteiger partial charge in [0.05, 0.1) is 0 Å². The first kappa shape index (κ1) is 18.9. The van der Waals surface area contributed by atoms with Crippen LogP contribution < -0.4 is 5.73 Å². The first-order chi connectivity index (χ1) is 8.93. The topological polar surface area (TPSA) is 46.3 Å². The summed E-state index contributed by atoms with van der Waals surface area (Å²) < 4.78 is 0. The summed E-state index contributed by atoms with van der Waals surface area (Å²) in [7, 11) is 0. The third kappa shape index (κ3) is 5.93. The number of halogens is 1. The lowest BCUT2D eigenvalue weighted by Crippen LogP contribution is -2.37. The zero-order valence-electron chi connectivity index (χ0n) is 12.9. The molecule has 0 aliphatic heterocycles. The molecule has 0 heterocycles. The maximum Gasteiger partial charge on any atom is 0.253 e. The van der Waals surface area contributed by atoms with Crippen LogP contribution in [0.25, 0.3) is 0 Å². The number of benzene rings is 1. The Morgan fingerprint density at radius 3 is 1.85 bits per heavy atom. The van der Waals surface area contributed by atoms with Gasteiger partial charge in [0.1, 0.15) is 0 Å². The van der Waals surface area contributed by atoms with Gasteiger partial charge in [-0.2, -0.15) is 0 Å². The van der Waals surface area contributed by atoms with Crippen molar-refractivity contribution in [2.75, 3.05) is 13.1 Å². The Morgan fingerprint density at radius 1 is 1.05 bits per heavy atom. The fraction of sp³-hybridized carbons (Fsp3) is 0.562. The molecule has 0 atom stereocenters. The molecule has 0 aliphatic rings. The van der Waals surface area contributed by atoms with Crippen LogP contribution in [0.5, 0.6) is 0 Å². The summed E-state index contributed by atoms with van der Waals surface area (Å²) in [5.74, 6) is 1.07. The first-order valence-corrected chi connectivity index (χ1v) is 7.02. The van der Waals surface area contributed by atoms with E-state index in [1.165, 1.54) is 0 Å². The molecular formula is C16H27ClN2O.